The maximum absolute atomic E-state index is 5.70. The molecule has 130 valence electrons. The molecule has 0 aliphatic carbocycles. The summed E-state index contributed by atoms with van der Waals surface area (Å²) in [4.78, 5) is 13.3. The fourth-order valence-corrected chi connectivity index (χ4v) is 3.42. The van der Waals surface area contributed by atoms with Crippen LogP contribution in [0.3, 0.4) is 0 Å². The van der Waals surface area contributed by atoms with Crippen molar-refractivity contribution in [3.05, 3.63) is 41.2 Å². The molecule has 0 spiro atoms. The fraction of sp³-hybridized carbons (Fsp3) is 0.444. The van der Waals surface area contributed by atoms with Crippen LogP contribution in [-0.2, 0) is 11.2 Å². The molecule has 4 rings (SSSR count). The van der Waals surface area contributed by atoms with Crippen molar-refractivity contribution in [2.24, 2.45) is 5.92 Å². The second-order valence-corrected chi connectivity index (χ2v) is 6.69. The molecular formula is C18H21N5O2. The molecule has 1 aliphatic rings. The van der Waals surface area contributed by atoms with Gasteiger partial charge in [-0.3, -0.25) is 0 Å². The number of nitrogens with zero attached hydrogens (tertiary/aromatic N) is 4. The summed E-state index contributed by atoms with van der Waals surface area (Å²) in [5.74, 6) is 2.00. The first-order valence-corrected chi connectivity index (χ1v) is 8.45. The summed E-state index contributed by atoms with van der Waals surface area (Å²) in [6, 6.07) is 4.19. The van der Waals surface area contributed by atoms with Gasteiger partial charge in [0.1, 0.15) is 17.9 Å². The number of fused-ring (bicyclic) bond motifs is 1. The van der Waals surface area contributed by atoms with Crippen LogP contribution < -0.4 is 5.32 Å². The molecule has 1 N–H and O–H groups in total. The Hall–Kier alpha value is -2.54. The van der Waals surface area contributed by atoms with Crippen LogP contribution in [-0.4, -0.2) is 39.4 Å². The van der Waals surface area contributed by atoms with Gasteiger partial charge in [-0.25, -0.2) is 15.0 Å². The minimum Gasteiger partial charge on any atom is -0.379 e. The van der Waals surface area contributed by atoms with Gasteiger partial charge in [-0.2, -0.15) is 0 Å². The lowest BCUT2D eigenvalue weighted by molar-refractivity contribution is 0.183. The van der Waals surface area contributed by atoms with Crippen molar-refractivity contribution in [2.45, 2.75) is 33.2 Å². The number of aryl methyl sites for hydroxylation is 3. The highest BCUT2D eigenvalue weighted by Gasteiger charge is 2.30. The van der Waals surface area contributed by atoms with Gasteiger partial charge in [0.25, 0.3) is 0 Å². The number of ether oxygens (including phenoxy) is 1. The normalized spacial score (nSPS) is 20.3. The van der Waals surface area contributed by atoms with E-state index < -0.39 is 0 Å². The highest BCUT2D eigenvalue weighted by atomic mass is 16.5. The number of hydrogen-bond acceptors (Lipinski definition) is 7. The van der Waals surface area contributed by atoms with Gasteiger partial charge in [0, 0.05) is 24.1 Å². The van der Waals surface area contributed by atoms with Crippen LogP contribution in [0, 0.1) is 26.7 Å². The van der Waals surface area contributed by atoms with Crippen molar-refractivity contribution in [1.29, 1.82) is 0 Å². The molecule has 3 aromatic rings. The first-order valence-electron chi connectivity index (χ1n) is 8.45. The molecule has 2 atom stereocenters. The molecular weight excluding hydrogens is 318 g/mol. The molecule has 4 heterocycles. The van der Waals surface area contributed by atoms with Gasteiger partial charge in [-0.15, -0.1) is 0 Å². The van der Waals surface area contributed by atoms with E-state index in [0.717, 1.165) is 46.0 Å². The summed E-state index contributed by atoms with van der Waals surface area (Å²) in [7, 11) is 0. The summed E-state index contributed by atoms with van der Waals surface area (Å²) >= 11 is 0. The average molecular weight is 339 g/mol. The summed E-state index contributed by atoms with van der Waals surface area (Å²) in [6.07, 6.45) is 2.35. The molecule has 1 fully saturated rings. The molecule has 0 amide bonds. The van der Waals surface area contributed by atoms with E-state index in [1.807, 2.05) is 19.9 Å². The molecule has 0 unspecified atom stereocenters. The Morgan fingerprint density at radius 3 is 2.80 bits per heavy atom. The fourth-order valence-electron chi connectivity index (χ4n) is 3.42. The van der Waals surface area contributed by atoms with E-state index in [1.54, 1.807) is 6.33 Å². The zero-order chi connectivity index (χ0) is 17.4. The zero-order valence-electron chi connectivity index (χ0n) is 14.6. The minimum atomic E-state index is 0.157. The predicted octanol–water partition coefficient (Wildman–Crippen LogP) is 2.61. The first-order chi connectivity index (χ1) is 12.1. The Kier molecular flexibility index (Phi) is 4.09. The average Bonchev–Trinajstić information content (AvgIpc) is 3.16. The number of anilines is 1. The van der Waals surface area contributed by atoms with Crippen LogP contribution in [0.4, 0.5) is 5.82 Å². The Balaban J connectivity index is 1.60. The van der Waals surface area contributed by atoms with E-state index >= 15 is 0 Å². The van der Waals surface area contributed by atoms with Crippen molar-refractivity contribution in [2.75, 3.05) is 18.5 Å². The summed E-state index contributed by atoms with van der Waals surface area (Å²) in [5, 5.41) is 8.47. The van der Waals surface area contributed by atoms with E-state index in [4.69, 9.17) is 9.26 Å². The lowest BCUT2D eigenvalue weighted by atomic mass is 9.98. The second-order valence-electron chi connectivity index (χ2n) is 6.69. The largest absolute Gasteiger partial charge is 0.379 e. The minimum absolute atomic E-state index is 0.157. The molecule has 1 aliphatic heterocycles. The predicted molar refractivity (Wildman–Crippen MR) is 93.5 cm³/mol. The van der Waals surface area contributed by atoms with Crippen molar-refractivity contribution < 1.29 is 9.26 Å². The van der Waals surface area contributed by atoms with Crippen LogP contribution >= 0.6 is 0 Å². The molecule has 25 heavy (non-hydrogen) atoms. The maximum Gasteiger partial charge on any atom is 0.165 e. The summed E-state index contributed by atoms with van der Waals surface area (Å²) in [5.41, 5.74) is 3.69. The third-order valence-corrected chi connectivity index (χ3v) is 4.59. The van der Waals surface area contributed by atoms with Crippen molar-refractivity contribution in [3.63, 3.8) is 0 Å². The number of nitrogens with one attached hydrogen (secondary N) is 1. The van der Waals surface area contributed by atoms with Crippen LogP contribution in [0.25, 0.3) is 11.0 Å². The van der Waals surface area contributed by atoms with Gasteiger partial charge in [0.2, 0.25) is 0 Å². The van der Waals surface area contributed by atoms with E-state index in [2.05, 4.69) is 38.4 Å². The molecule has 7 heteroatoms. The zero-order valence-corrected chi connectivity index (χ0v) is 14.6. The highest BCUT2D eigenvalue weighted by molar-refractivity contribution is 5.89. The summed E-state index contributed by atoms with van der Waals surface area (Å²) < 4.78 is 11.1. The number of aromatic nitrogens is 4. The second kappa shape index (κ2) is 6.40. The Morgan fingerprint density at radius 1 is 1.12 bits per heavy atom. The van der Waals surface area contributed by atoms with Crippen molar-refractivity contribution in [3.8, 4) is 0 Å². The third-order valence-electron chi connectivity index (χ3n) is 4.59. The monoisotopic (exact) mass is 339 g/mol. The lowest BCUT2D eigenvalue weighted by Crippen LogP contribution is -2.29. The smallest absolute Gasteiger partial charge is 0.165 e. The molecule has 1 saturated heterocycles. The van der Waals surface area contributed by atoms with E-state index in [9.17, 15) is 0 Å². The number of rotatable bonds is 4. The molecule has 0 saturated carbocycles. The molecule has 7 nitrogen and oxygen atoms in total. The van der Waals surface area contributed by atoms with Gasteiger partial charge in [-0.05, 0) is 32.4 Å². The van der Waals surface area contributed by atoms with Gasteiger partial charge in [-0.1, -0.05) is 5.16 Å². The molecule has 0 radical (unpaired) electrons. The maximum atomic E-state index is 5.70. The van der Waals surface area contributed by atoms with E-state index in [0.29, 0.717) is 19.1 Å². The Labute approximate surface area is 145 Å². The standard InChI is InChI=1S/C18H21N5O2/c1-10-4-11(2)21-17-16(10)18(20-9-19-17)22-15-8-24-7-13(15)6-14-5-12(3)23-25-14/h4-5,9,13,15H,6-8H2,1-3H3,(H,19,20,21,22)/t13-,15+/m0/s1. The third kappa shape index (κ3) is 3.19. The Morgan fingerprint density at radius 2 is 2.00 bits per heavy atom. The van der Waals surface area contributed by atoms with Gasteiger partial charge in [0.15, 0.2) is 5.65 Å². The first kappa shape index (κ1) is 16.0. The summed E-state index contributed by atoms with van der Waals surface area (Å²) in [6.45, 7) is 7.30. The van der Waals surface area contributed by atoms with Crippen LogP contribution in [0.2, 0.25) is 0 Å². The van der Waals surface area contributed by atoms with E-state index in [-0.39, 0.29) is 6.04 Å². The highest BCUT2D eigenvalue weighted by Crippen LogP contribution is 2.27. The topological polar surface area (TPSA) is 86.0 Å². The van der Waals surface area contributed by atoms with Crippen LogP contribution in [0.5, 0.6) is 0 Å². The SMILES string of the molecule is Cc1cc(C[C@H]2COC[C@H]2Nc2ncnc3nc(C)cc(C)c23)on1. The van der Waals surface area contributed by atoms with Gasteiger partial charge < -0.3 is 14.6 Å². The van der Waals surface area contributed by atoms with E-state index in [1.165, 1.54) is 0 Å². The van der Waals surface area contributed by atoms with Crippen molar-refractivity contribution in [1.82, 2.24) is 20.1 Å². The lowest BCUT2D eigenvalue weighted by Gasteiger charge is -2.20. The molecule has 0 aromatic carbocycles. The number of pyridine rings is 1. The van der Waals surface area contributed by atoms with Crippen molar-refractivity contribution >= 4 is 16.9 Å². The Bertz CT molecular complexity index is 908. The van der Waals surface area contributed by atoms with Crippen LogP contribution in [0.15, 0.2) is 23.0 Å². The number of hydrogen-bond donors (Lipinski definition) is 1. The molecule has 3 aromatic heterocycles. The quantitative estimate of drug-likeness (QED) is 0.782. The van der Waals surface area contributed by atoms with Gasteiger partial charge in [0.05, 0.1) is 30.3 Å². The molecule has 0 bridgehead atoms. The van der Waals surface area contributed by atoms with Crippen LogP contribution in [0.1, 0.15) is 22.7 Å². The van der Waals surface area contributed by atoms with Gasteiger partial charge >= 0.3 is 0 Å².